The fraction of sp³-hybridized carbons (Fsp3) is 0.364. The summed E-state index contributed by atoms with van der Waals surface area (Å²) in [5.74, 6) is 0.107. The topological polar surface area (TPSA) is 20.3 Å². The van der Waals surface area contributed by atoms with Gasteiger partial charge < -0.3 is 4.90 Å². The predicted molar refractivity (Wildman–Crippen MR) is 56.4 cm³/mol. The molecule has 2 nitrogen and oxygen atoms in total. The first kappa shape index (κ1) is 10.4. The molecule has 0 bridgehead atoms. The molecule has 0 N–H and O–H groups in total. The molecule has 15 heavy (non-hydrogen) atoms. The number of amides is 1. The summed E-state index contributed by atoms with van der Waals surface area (Å²) < 4.78 is 12.6. The van der Waals surface area contributed by atoms with E-state index < -0.39 is 0 Å². The van der Waals surface area contributed by atoms with Crippen LogP contribution in [0.1, 0.15) is 11.5 Å². The van der Waals surface area contributed by atoms with Crippen LogP contribution in [0.3, 0.4) is 0 Å². The van der Waals surface area contributed by atoms with Gasteiger partial charge in [0.05, 0.1) is 0 Å². The van der Waals surface area contributed by atoms with Crippen molar-refractivity contribution >= 4 is 17.5 Å². The molecule has 1 aromatic rings. The molecule has 0 atom stereocenters. The molecule has 0 unspecified atom stereocenters. The van der Waals surface area contributed by atoms with Gasteiger partial charge in [0.1, 0.15) is 11.7 Å². The number of carbonyl (C=O) groups is 1. The molecule has 0 radical (unpaired) electrons. The Bertz CT molecular complexity index is 359. The molecule has 1 heterocycles. The third kappa shape index (κ3) is 2.12. The van der Waals surface area contributed by atoms with Gasteiger partial charge in [0.25, 0.3) is 0 Å². The van der Waals surface area contributed by atoms with Crippen LogP contribution in [0.15, 0.2) is 24.3 Å². The molecule has 0 spiro atoms. The predicted octanol–water partition coefficient (Wildman–Crippen LogP) is 1.99. The number of halogens is 2. The van der Waals surface area contributed by atoms with E-state index in [2.05, 4.69) is 0 Å². The second kappa shape index (κ2) is 4.19. The van der Waals surface area contributed by atoms with E-state index >= 15 is 0 Å². The first-order valence-electron chi connectivity index (χ1n) is 4.80. The van der Waals surface area contributed by atoms with Crippen molar-refractivity contribution in [1.29, 1.82) is 0 Å². The van der Waals surface area contributed by atoms with Crippen molar-refractivity contribution in [2.45, 2.75) is 5.92 Å². The fourth-order valence-corrected chi connectivity index (χ4v) is 1.88. The third-order valence-corrected chi connectivity index (χ3v) is 2.92. The summed E-state index contributed by atoms with van der Waals surface area (Å²) in [6.45, 7) is 1.38. The summed E-state index contributed by atoms with van der Waals surface area (Å²) in [6.07, 6.45) is 0. The van der Waals surface area contributed by atoms with E-state index in [1.807, 2.05) is 0 Å². The molecule has 1 fully saturated rings. The minimum atomic E-state index is -0.230. The third-order valence-electron chi connectivity index (χ3n) is 2.69. The number of alkyl halides is 1. The highest BCUT2D eigenvalue weighted by molar-refractivity contribution is 6.27. The van der Waals surface area contributed by atoms with E-state index in [0.717, 1.165) is 5.56 Å². The average molecular weight is 228 g/mol. The molecule has 1 aliphatic rings. The lowest BCUT2D eigenvalue weighted by Crippen LogP contribution is -2.49. The van der Waals surface area contributed by atoms with Crippen LogP contribution in [0, 0.1) is 5.82 Å². The maximum atomic E-state index is 12.6. The van der Waals surface area contributed by atoms with Crippen molar-refractivity contribution in [3.8, 4) is 0 Å². The van der Waals surface area contributed by atoms with E-state index in [1.54, 1.807) is 17.0 Å². The minimum Gasteiger partial charge on any atom is -0.340 e. The summed E-state index contributed by atoms with van der Waals surface area (Å²) in [5, 5.41) is 0. The molecular weight excluding hydrogens is 217 g/mol. The van der Waals surface area contributed by atoms with Gasteiger partial charge in [-0.15, -0.1) is 11.6 Å². The second-order valence-electron chi connectivity index (χ2n) is 3.68. The lowest BCUT2D eigenvalue weighted by Gasteiger charge is -2.39. The van der Waals surface area contributed by atoms with Crippen LogP contribution in [0.2, 0.25) is 0 Å². The summed E-state index contributed by atoms with van der Waals surface area (Å²) in [7, 11) is 0. The van der Waals surface area contributed by atoms with Crippen LogP contribution in [-0.4, -0.2) is 29.8 Å². The standard InChI is InChI=1S/C11H11ClFNO/c12-5-11(15)14-6-9(7-14)8-1-3-10(13)4-2-8/h1-4,9H,5-7H2. The quantitative estimate of drug-likeness (QED) is 0.708. The van der Waals surface area contributed by atoms with Gasteiger partial charge in [-0.2, -0.15) is 0 Å². The molecule has 1 saturated heterocycles. The van der Waals surface area contributed by atoms with E-state index in [-0.39, 0.29) is 17.6 Å². The number of rotatable bonds is 2. The highest BCUT2D eigenvalue weighted by Gasteiger charge is 2.30. The van der Waals surface area contributed by atoms with Gasteiger partial charge in [-0.3, -0.25) is 4.79 Å². The Kier molecular flexibility index (Phi) is 2.91. The molecule has 1 aliphatic heterocycles. The molecule has 4 heteroatoms. The Morgan fingerprint density at radius 3 is 2.53 bits per heavy atom. The van der Waals surface area contributed by atoms with Crippen LogP contribution in [0.5, 0.6) is 0 Å². The monoisotopic (exact) mass is 227 g/mol. The number of nitrogens with zero attached hydrogens (tertiary/aromatic N) is 1. The first-order chi connectivity index (χ1) is 7.20. The SMILES string of the molecule is O=C(CCl)N1CC(c2ccc(F)cc2)C1. The molecule has 1 amide bonds. The fourth-order valence-electron chi connectivity index (χ4n) is 1.71. The van der Waals surface area contributed by atoms with Crippen molar-refractivity contribution < 1.29 is 9.18 Å². The highest BCUT2D eigenvalue weighted by Crippen LogP contribution is 2.27. The Labute approximate surface area is 92.6 Å². The smallest absolute Gasteiger partial charge is 0.237 e. The lowest BCUT2D eigenvalue weighted by molar-refractivity contribution is -0.132. The maximum Gasteiger partial charge on any atom is 0.237 e. The van der Waals surface area contributed by atoms with Gasteiger partial charge in [-0.1, -0.05) is 12.1 Å². The first-order valence-corrected chi connectivity index (χ1v) is 5.33. The molecular formula is C11H11ClFNO. The van der Waals surface area contributed by atoms with Gasteiger partial charge in [0.15, 0.2) is 0 Å². The number of hydrogen-bond donors (Lipinski definition) is 0. The molecule has 1 aromatic carbocycles. The molecule has 80 valence electrons. The number of benzene rings is 1. The van der Waals surface area contributed by atoms with Crippen molar-refractivity contribution in [2.24, 2.45) is 0 Å². The normalized spacial score (nSPS) is 16.3. The number of carbonyl (C=O) groups excluding carboxylic acids is 1. The maximum absolute atomic E-state index is 12.6. The lowest BCUT2D eigenvalue weighted by atomic mass is 9.91. The number of hydrogen-bond acceptors (Lipinski definition) is 1. The van der Waals surface area contributed by atoms with Gasteiger partial charge >= 0.3 is 0 Å². The Morgan fingerprint density at radius 2 is 2.00 bits per heavy atom. The number of likely N-dealkylation sites (tertiary alicyclic amines) is 1. The average Bonchev–Trinajstić information content (AvgIpc) is 2.18. The van der Waals surface area contributed by atoms with Crippen LogP contribution in [0.4, 0.5) is 4.39 Å². The van der Waals surface area contributed by atoms with Crippen molar-refractivity contribution in [2.75, 3.05) is 19.0 Å². The van der Waals surface area contributed by atoms with Gasteiger partial charge in [0.2, 0.25) is 5.91 Å². The van der Waals surface area contributed by atoms with Crippen molar-refractivity contribution in [1.82, 2.24) is 4.90 Å². The molecule has 0 aromatic heterocycles. The zero-order chi connectivity index (χ0) is 10.8. The Balaban J connectivity index is 1.94. The molecule has 0 aliphatic carbocycles. The summed E-state index contributed by atoms with van der Waals surface area (Å²) in [6, 6.07) is 6.42. The Morgan fingerprint density at radius 1 is 1.40 bits per heavy atom. The van der Waals surface area contributed by atoms with Gasteiger partial charge in [-0.05, 0) is 17.7 Å². The molecule has 0 saturated carbocycles. The van der Waals surface area contributed by atoms with Crippen molar-refractivity contribution in [3.63, 3.8) is 0 Å². The minimum absolute atomic E-state index is 0.0324. The highest BCUT2D eigenvalue weighted by atomic mass is 35.5. The van der Waals surface area contributed by atoms with Crippen molar-refractivity contribution in [3.05, 3.63) is 35.6 Å². The van der Waals surface area contributed by atoms with Crippen LogP contribution < -0.4 is 0 Å². The van der Waals surface area contributed by atoms with Gasteiger partial charge in [-0.25, -0.2) is 4.39 Å². The van der Waals surface area contributed by atoms with Crippen LogP contribution >= 0.6 is 11.6 Å². The van der Waals surface area contributed by atoms with Gasteiger partial charge in [0, 0.05) is 19.0 Å². The zero-order valence-electron chi connectivity index (χ0n) is 8.12. The Hall–Kier alpha value is -1.09. The van der Waals surface area contributed by atoms with E-state index in [4.69, 9.17) is 11.6 Å². The van der Waals surface area contributed by atoms with E-state index in [9.17, 15) is 9.18 Å². The summed E-state index contributed by atoms with van der Waals surface area (Å²) in [5.41, 5.74) is 1.08. The second-order valence-corrected chi connectivity index (χ2v) is 3.95. The van der Waals surface area contributed by atoms with E-state index in [1.165, 1.54) is 12.1 Å². The van der Waals surface area contributed by atoms with E-state index in [0.29, 0.717) is 19.0 Å². The zero-order valence-corrected chi connectivity index (χ0v) is 8.88. The van der Waals surface area contributed by atoms with Crippen LogP contribution in [-0.2, 0) is 4.79 Å². The largest absolute Gasteiger partial charge is 0.340 e. The summed E-state index contributed by atoms with van der Waals surface area (Å²) in [4.78, 5) is 12.9. The molecule has 2 rings (SSSR count). The summed E-state index contributed by atoms with van der Waals surface area (Å²) >= 11 is 5.43. The van der Waals surface area contributed by atoms with Crippen LogP contribution in [0.25, 0.3) is 0 Å².